The number of nitrogens with zero attached hydrogens (tertiary/aromatic N) is 1. The van der Waals surface area contributed by atoms with Crippen LogP contribution in [-0.2, 0) is 11.3 Å². The molecule has 0 radical (unpaired) electrons. The molecular weight excluding hydrogens is 286 g/mol. The van der Waals surface area contributed by atoms with E-state index in [2.05, 4.69) is 30.1 Å². The van der Waals surface area contributed by atoms with E-state index in [9.17, 15) is 0 Å². The number of hydrogen-bond donors (Lipinski definition) is 0. The predicted octanol–water partition coefficient (Wildman–Crippen LogP) is 4.58. The molecule has 2 atom stereocenters. The summed E-state index contributed by atoms with van der Waals surface area (Å²) in [7, 11) is 0. The van der Waals surface area contributed by atoms with Crippen molar-refractivity contribution >= 4 is 0 Å². The van der Waals surface area contributed by atoms with Gasteiger partial charge >= 0.3 is 0 Å². The highest BCUT2D eigenvalue weighted by atomic mass is 16.5. The summed E-state index contributed by atoms with van der Waals surface area (Å²) in [6, 6.07) is 12.5. The third kappa shape index (κ3) is 4.80. The molecule has 0 saturated heterocycles. The minimum atomic E-state index is 0.577. The van der Waals surface area contributed by atoms with Crippen molar-refractivity contribution in [3.05, 3.63) is 59.9 Å². The molecule has 1 fully saturated rings. The fraction of sp³-hybridized carbons (Fsp3) is 0.450. The van der Waals surface area contributed by atoms with Crippen LogP contribution in [0.2, 0.25) is 0 Å². The SMILES string of the molecule is CCCCOc1cncc([C@H]2C[C@@H]2COCc2ccccc2)c1. The highest BCUT2D eigenvalue weighted by molar-refractivity contribution is 5.30. The standard InChI is InChI=1S/C20H25NO2/c1-2-3-9-23-19-10-17(12-21-13-19)20-11-18(20)15-22-14-16-7-5-4-6-8-16/h4-8,10,12-13,18,20H,2-3,9,11,14-15H2,1H3/t18-,20-/m1/s1. The minimum absolute atomic E-state index is 0.577. The second kappa shape index (κ2) is 8.11. The Hall–Kier alpha value is -1.87. The van der Waals surface area contributed by atoms with E-state index in [4.69, 9.17) is 9.47 Å². The lowest BCUT2D eigenvalue weighted by molar-refractivity contribution is 0.110. The molecule has 0 unspecified atom stereocenters. The molecule has 1 saturated carbocycles. The Kier molecular flexibility index (Phi) is 5.65. The van der Waals surface area contributed by atoms with Gasteiger partial charge in [-0.1, -0.05) is 43.7 Å². The van der Waals surface area contributed by atoms with Crippen LogP contribution in [0.25, 0.3) is 0 Å². The van der Waals surface area contributed by atoms with E-state index in [-0.39, 0.29) is 0 Å². The summed E-state index contributed by atoms with van der Waals surface area (Å²) in [6.07, 6.45) is 7.20. The highest BCUT2D eigenvalue weighted by Gasteiger charge is 2.38. The highest BCUT2D eigenvalue weighted by Crippen LogP contribution is 2.47. The molecule has 1 aromatic heterocycles. The Bertz CT molecular complexity index is 600. The molecule has 1 aliphatic carbocycles. The number of unbranched alkanes of at least 4 members (excludes halogenated alkanes) is 1. The van der Waals surface area contributed by atoms with Crippen molar-refractivity contribution in [2.24, 2.45) is 5.92 Å². The van der Waals surface area contributed by atoms with Gasteiger partial charge in [0.2, 0.25) is 0 Å². The number of ether oxygens (including phenoxy) is 2. The topological polar surface area (TPSA) is 31.4 Å². The van der Waals surface area contributed by atoms with Crippen LogP contribution in [0.1, 0.15) is 43.2 Å². The van der Waals surface area contributed by atoms with E-state index in [0.29, 0.717) is 18.4 Å². The first-order valence-corrected chi connectivity index (χ1v) is 8.56. The zero-order chi connectivity index (χ0) is 15.9. The molecule has 1 heterocycles. The zero-order valence-electron chi connectivity index (χ0n) is 13.8. The van der Waals surface area contributed by atoms with E-state index in [1.165, 1.54) is 17.5 Å². The number of rotatable bonds is 9. The third-order valence-electron chi connectivity index (χ3n) is 4.30. The minimum Gasteiger partial charge on any atom is -0.492 e. The summed E-state index contributed by atoms with van der Waals surface area (Å²) >= 11 is 0. The van der Waals surface area contributed by atoms with Crippen LogP contribution in [0.3, 0.4) is 0 Å². The Morgan fingerprint density at radius 3 is 2.87 bits per heavy atom. The Balaban J connectivity index is 1.44. The van der Waals surface area contributed by atoms with Crippen LogP contribution in [0, 0.1) is 5.92 Å². The van der Waals surface area contributed by atoms with Crippen LogP contribution in [0.5, 0.6) is 5.75 Å². The van der Waals surface area contributed by atoms with Gasteiger partial charge in [0, 0.05) is 6.20 Å². The molecule has 1 aliphatic rings. The lowest BCUT2D eigenvalue weighted by Gasteiger charge is -2.07. The van der Waals surface area contributed by atoms with Gasteiger partial charge in [0.15, 0.2) is 0 Å². The van der Waals surface area contributed by atoms with Crippen molar-refractivity contribution in [1.29, 1.82) is 0 Å². The average Bonchev–Trinajstić information content (AvgIpc) is 3.36. The molecule has 0 aliphatic heterocycles. The molecule has 1 aromatic carbocycles. The van der Waals surface area contributed by atoms with E-state index >= 15 is 0 Å². The number of benzene rings is 1. The molecule has 0 bridgehead atoms. The second-order valence-electron chi connectivity index (χ2n) is 6.26. The largest absolute Gasteiger partial charge is 0.492 e. The van der Waals surface area contributed by atoms with Crippen molar-refractivity contribution in [3.8, 4) is 5.75 Å². The first kappa shape index (κ1) is 16.0. The smallest absolute Gasteiger partial charge is 0.137 e. The maximum absolute atomic E-state index is 5.85. The van der Waals surface area contributed by atoms with Crippen molar-refractivity contribution < 1.29 is 9.47 Å². The molecule has 23 heavy (non-hydrogen) atoms. The lowest BCUT2D eigenvalue weighted by Crippen LogP contribution is -2.00. The van der Waals surface area contributed by atoms with Crippen molar-refractivity contribution in [3.63, 3.8) is 0 Å². The zero-order valence-corrected chi connectivity index (χ0v) is 13.8. The molecule has 3 heteroatoms. The van der Waals surface area contributed by atoms with Crippen LogP contribution in [0.4, 0.5) is 0 Å². The molecule has 3 nitrogen and oxygen atoms in total. The number of hydrogen-bond acceptors (Lipinski definition) is 3. The summed E-state index contributed by atoms with van der Waals surface area (Å²) in [5.41, 5.74) is 2.52. The first-order chi connectivity index (χ1) is 11.4. The molecule has 0 spiro atoms. The second-order valence-corrected chi connectivity index (χ2v) is 6.26. The van der Waals surface area contributed by atoms with Crippen molar-refractivity contribution in [2.45, 2.75) is 38.7 Å². The number of aromatic nitrogens is 1. The maximum Gasteiger partial charge on any atom is 0.137 e. The van der Waals surface area contributed by atoms with Crippen molar-refractivity contribution in [2.75, 3.05) is 13.2 Å². The monoisotopic (exact) mass is 311 g/mol. The van der Waals surface area contributed by atoms with Gasteiger partial charge in [-0.3, -0.25) is 4.98 Å². The van der Waals surface area contributed by atoms with E-state index < -0.39 is 0 Å². The summed E-state index contributed by atoms with van der Waals surface area (Å²) in [5.74, 6) is 2.09. The molecule has 0 N–H and O–H groups in total. The molecule has 122 valence electrons. The van der Waals surface area contributed by atoms with E-state index in [1.807, 2.05) is 30.6 Å². The van der Waals surface area contributed by atoms with Crippen molar-refractivity contribution in [1.82, 2.24) is 4.98 Å². The lowest BCUT2D eigenvalue weighted by atomic mass is 10.1. The normalized spacial score (nSPS) is 19.5. The maximum atomic E-state index is 5.85. The molecule has 2 aromatic rings. The van der Waals surface area contributed by atoms with Crippen LogP contribution in [-0.4, -0.2) is 18.2 Å². The predicted molar refractivity (Wildman–Crippen MR) is 91.6 cm³/mol. The van der Waals surface area contributed by atoms with Gasteiger partial charge in [-0.05, 0) is 41.9 Å². The molecule has 3 rings (SSSR count). The van der Waals surface area contributed by atoms with E-state index in [1.54, 1.807) is 0 Å². The molecule has 0 amide bonds. The fourth-order valence-electron chi connectivity index (χ4n) is 2.79. The summed E-state index contributed by atoms with van der Waals surface area (Å²) in [4.78, 5) is 4.32. The Labute approximate surface area is 138 Å². The molecular formula is C20H25NO2. The number of pyridine rings is 1. The average molecular weight is 311 g/mol. The third-order valence-corrected chi connectivity index (χ3v) is 4.30. The van der Waals surface area contributed by atoms with Gasteiger partial charge < -0.3 is 9.47 Å². The van der Waals surface area contributed by atoms with E-state index in [0.717, 1.165) is 31.8 Å². The van der Waals surface area contributed by atoms with Crippen LogP contribution in [0.15, 0.2) is 48.8 Å². The van der Waals surface area contributed by atoms with Gasteiger partial charge in [0.1, 0.15) is 5.75 Å². The van der Waals surface area contributed by atoms with Gasteiger partial charge in [0.05, 0.1) is 26.0 Å². The van der Waals surface area contributed by atoms with Crippen LogP contribution >= 0.6 is 0 Å². The fourth-order valence-corrected chi connectivity index (χ4v) is 2.79. The Morgan fingerprint density at radius 1 is 1.17 bits per heavy atom. The quantitative estimate of drug-likeness (QED) is 0.635. The van der Waals surface area contributed by atoms with Gasteiger partial charge in [-0.15, -0.1) is 0 Å². The van der Waals surface area contributed by atoms with Gasteiger partial charge in [-0.25, -0.2) is 0 Å². The van der Waals surface area contributed by atoms with Crippen LogP contribution < -0.4 is 4.74 Å². The first-order valence-electron chi connectivity index (χ1n) is 8.56. The summed E-state index contributed by atoms with van der Waals surface area (Å²) < 4.78 is 11.6. The van der Waals surface area contributed by atoms with Gasteiger partial charge in [0.25, 0.3) is 0 Å². The van der Waals surface area contributed by atoms with Gasteiger partial charge in [-0.2, -0.15) is 0 Å². The summed E-state index contributed by atoms with van der Waals surface area (Å²) in [6.45, 7) is 4.46. The summed E-state index contributed by atoms with van der Waals surface area (Å²) in [5, 5.41) is 0. The Morgan fingerprint density at radius 2 is 2.04 bits per heavy atom.